The van der Waals surface area contributed by atoms with Gasteiger partial charge in [-0.3, -0.25) is 4.79 Å². The molecule has 1 N–H and O–H groups in total. The first-order valence-electron chi connectivity index (χ1n) is 7.65. The Labute approximate surface area is 128 Å². The molecule has 2 aromatic rings. The number of likely N-dealkylation sites (tertiary alicyclic amines) is 2. The molecule has 2 aliphatic rings. The van der Waals surface area contributed by atoms with Crippen LogP contribution >= 0.6 is 0 Å². The maximum absolute atomic E-state index is 13.5. The molecule has 3 heterocycles. The minimum absolute atomic E-state index is 0.0759. The quantitative estimate of drug-likeness (QED) is 0.871. The van der Waals surface area contributed by atoms with E-state index in [0.717, 1.165) is 31.7 Å². The SMILES string of the molecule is Cc1cc(F)cc2[nH]c(C(=O)N3C[C@H]4CN(C)C[C@H]4C3)nc12. The van der Waals surface area contributed by atoms with E-state index in [2.05, 4.69) is 21.9 Å². The smallest absolute Gasteiger partial charge is 0.289 e. The van der Waals surface area contributed by atoms with E-state index in [-0.39, 0.29) is 11.7 Å². The number of amides is 1. The number of hydrogen-bond acceptors (Lipinski definition) is 3. The molecule has 2 fully saturated rings. The number of hydrogen-bond donors (Lipinski definition) is 1. The van der Waals surface area contributed by atoms with Gasteiger partial charge in [0.1, 0.15) is 5.82 Å². The first kappa shape index (κ1) is 13.7. The summed E-state index contributed by atoms with van der Waals surface area (Å²) in [6.45, 7) is 5.49. The number of carbonyl (C=O) groups is 1. The first-order chi connectivity index (χ1) is 10.5. The molecule has 5 nitrogen and oxygen atoms in total. The van der Waals surface area contributed by atoms with Crippen LogP contribution in [0, 0.1) is 24.6 Å². The average Bonchev–Trinajstić information content (AvgIpc) is 3.09. The number of carbonyl (C=O) groups excluding carboxylic acids is 1. The number of aromatic amines is 1. The largest absolute Gasteiger partial charge is 0.335 e. The minimum Gasteiger partial charge on any atom is -0.335 e. The molecule has 0 aliphatic carbocycles. The molecule has 22 heavy (non-hydrogen) atoms. The van der Waals surface area contributed by atoms with E-state index in [1.807, 2.05) is 4.90 Å². The summed E-state index contributed by atoms with van der Waals surface area (Å²) in [4.78, 5) is 24.2. The van der Waals surface area contributed by atoms with Crippen LogP contribution < -0.4 is 0 Å². The predicted molar refractivity (Wildman–Crippen MR) is 81.2 cm³/mol. The first-order valence-corrected chi connectivity index (χ1v) is 7.65. The highest BCUT2D eigenvalue weighted by Crippen LogP contribution is 2.31. The zero-order valence-corrected chi connectivity index (χ0v) is 12.8. The Kier molecular flexibility index (Phi) is 2.97. The molecular formula is C16H19FN4O. The van der Waals surface area contributed by atoms with Crippen LogP contribution in [-0.4, -0.2) is 58.9 Å². The van der Waals surface area contributed by atoms with Crippen LogP contribution in [0.4, 0.5) is 4.39 Å². The number of H-pyrrole nitrogens is 1. The third kappa shape index (κ3) is 2.09. The van der Waals surface area contributed by atoms with Crippen molar-refractivity contribution >= 4 is 16.9 Å². The highest BCUT2D eigenvalue weighted by atomic mass is 19.1. The lowest BCUT2D eigenvalue weighted by Gasteiger charge is -2.18. The van der Waals surface area contributed by atoms with Crippen LogP contribution in [0.15, 0.2) is 12.1 Å². The van der Waals surface area contributed by atoms with E-state index in [1.165, 1.54) is 12.1 Å². The maximum Gasteiger partial charge on any atom is 0.289 e. The summed E-state index contributed by atoms with van der Waals surface area (Å²) in [5.74, 6) is 1.06. The maximum atomic E-state index is 13.5. The molecular weight excluding hydrogens is 283 g/mol. The van der Waals surface area contributed by atoms with E-state index in [1.54, 1.807) is 6.92 Å². The Bertz CT molecular complexity index is 742. The summed E-state index contributed by atoms with van der Waals surface area (Å²) in [5.41, 5.74) is 1.99. The van der Waals surface area contributed by atoms with Crippen molar-refractivity contribution in [1.82, 2.24) is 19.8 Å². The topological polar surface area (TPSA) is 52.2 Å². The van der Waals surface area contributed by atoms with Crippen LogP contribution in [0.25, 0.3) is 11.0 Å². The van der Waals surface area contributed by atoms with Crippen molar-refractivity contribution in [3.05, 3.63) is 29.3 Å². The lowest BCUT2D eigenvalue weighted by atomic mass is 10.0. The van der Waals surface area contributed by atoms with E-state index in [0.29, 0.717) is 28.7 Å². The Morgan fingerprint density at radius 1 is 1.27 bits per heavy atom. The van der Waals surface area contributed by atoms with Crippen LogP contribution in [0.5, 0.6) is 0 Å². The van der Waals surface area contributed by atoms with Gasteiger partial charge in [-0.1, -0.05) is 0 Å². The summed E-state index contributed by atoms with van der Waals surface area (Å²) >= 11 is 0. The summed E-state index contributed by atoms with van der Waals surface area (Å²) in [7, 11) is 2.13. The monoisotopic (exact) mass is 302 g/mol. The highest BCUT2D eigenvalue weighted by molar-refractivity contribution is 5.95. The molecule has 0 spiro atoms. The van der Waals surface area contributed by atoms with Crippen molar-refractivity contribution in [3.63, 3.8) is 0 Å². The molecule has 6 heteroatoms. The van der Waals surface area contributed by atoms with Gasteiger partial charge in [-0.25, -0.2) is 9.37 Å². The normalized spacial score (nSPS) is 25.1. The molecule has 2 atom stereocenters. The number of aryl methyl sites for hydroxylation is 1. The Hall–Kier alpha value is -1.95. The molecule has 2 aliphatic heterocycles. The van der Waals surface area contributed by atoms with Gasteiger partial charge in [-0.2, -0.15) is 0 Å². The van der Waals surface area contributed by atoms with Crippen molar-refractivity contribution in [2.24, 2.45) is 11.8 Å². The molecule has 2 saturated heterocycles. The third-order valence-corrected chi connectivity index (χ3v) is 4.90. The van der Waals surface area contributed by atoms with Gasteiger partial charge in [0.05, 0.1) is 11.0 Å². The van der Waals surface area contributed by atoms with Gasteiger partial charge in [0.15, 0.2) is 5.82 Å². The van der Waals surface area contributed by atoms with Crippen molar-refractivity contribution in [1.29, 1.82) is 0 Å². The number of rotatable bonds is 1. The van der Waals surface area contributed by atoms with Gasteiger partial charge >= 0.3 is 0 Å². The standard InChI is InChI=1S/C16H19FN4O/c1-9-3-12(17)4-13-14(9)19-15(18-13)16(22)21-7-10-5-20(2)6-11(10)8-21/h3-4,10-11H,5-8H2,1-2H3,(H,18,19)/t10-,11+. The van der Waals surface area contributed by atoms with E-state index in [9.17, 15) is 9.18 Å². The fraction of sp³-hybridized carbons (Fsp3) is 0.500. The number of aromatic nitrogens is 2. The van der Waals surface area contributed by atoms with Crippen molar-refractivity contribution in [2.75, 3.05) is 33.2 Å². The Morgan fingerprint density at radius 2 is 1.95 bits per heavy atom. The molecule has 1 amide bonds. The van der Waals surface area contributed by atoms with Crippen LogP contribution in [0.3, 0.4) is 0 Å². The zero-order chi connectivity index (χ0) is 15.4. The Balaban J connectivity index is 1.60. The van der Waals surface area contributed by atoms with E-state index < -0.39 is 0 Å². The molecule has 0 unspecified atom stereocenters. The second-order valence-corrected chi connectivity index (χ2v) is 6.66. The number of halogens is 1. The molecule has 4 rings (SSSR count). The molecule has 0 radical (unpaired) electrons. The fourth-order valence-corrected chi connectivity index (χ4v) is 3.89. The zero-order valence-electron chi connectivity index (χ0n) is 12.8. The molecule has 116 valence electrons. The third-order valence-electron chi connectivity index (χ3n) is 4.90. The molecule has 0 saturated carbocycles. The van der Waals surface area contributed by atoms with Gasteiger partial charge < -0.3 is 14.8 Å². The summed E-state index contributed by atoms with van der Waals surface area (Å²) in [5, 5.41) is 0. The van der Waals surface area contributed by atoms with Crippen LogP contribution in [0.2, 0.25) is 0 Å². The number of nitrogens with zero attached hydrogens (tertiary/aromatic N) is 3. The highest BCUT2D eigenvalue weighted by Gasteiger charge is 2.41. The molecule has 0 bridgehead atoms. The van der Waals surface area contributed by atoms with Crippen molar-refractivity contribution in [2.45, 2.75) is 6.92 Å². The van der Waals surface area contributed by atoms with Gasteiger partial charge in [-0.15, -0.1) is 0 Å². The lowest BCUT2D eigenvalue weighted by Crippen LogP contribution is -2.32. The molecule has 1 aromatic carbocycles. The van der Waals surface area contributed by atoms with E-state index in [4.69, 9.17) is 0 Å². The van der Waals surface area contributed by atoms with Crippen molar-refractivity contribution in [3.8, 4) is 0 Å². The van der Waals surface area contributed by atoms with Crippen LogP contribution in [0.1, 0.15) is 16.2 Å². The number of nitrogens with one attached hydrogen (secondary N) is 1. The van der Waals surface area contributed by atoms with Gasteiger partial charge in [0.25, 0.3) is 5.91 Å². The summed E-state index contributed by atoms with van der Waals surface area (Å²) < 4.78 is 13.5. The minimum atomic E-state index is -0.314. The number of fused-ring (bicyclic) bond motifs is 2. The summed E-state index contributed by atoms with van der Waals surface area (Å²) in [6, 6.07) is 2.83. The van der Waals surface area contributed by atoms with Crippen molar-refractivity contribution < 1.29 is 9.18 Å². The lowest BCUT2D eigenvalue weighted by molar-refractivity contribution is 0.0765. The Morgan fingerprint density at radius 3 is 2.64 bits per heavy atom. The fourth-order valence-electron chi connectivity index (χ4n) is 3.89. The van der Waals surface area contributed by atoms with E-state index >= 15 is 0 Å². The predicted octanol–water partition coefficient (Wildman–Crippen LogP) is 1.64. The number of imidazole rings is 1. The molecule has 1 aromatic heterocycles. The van der Waals surface area contributed by atoms with Crippen LogP contribution in [-0.2, 0) is 0 Å². The van der Waals surface area contributed by atoms with Gasteiger partial charge in [0, 0.05) is 26.2 Å². The summed E-state index contributed by atoms with van der Waals surface area (Å²) in [6.07, 6.45) is 0. The van der Waals surface area contributed by atoms with Gasteiger partial charge in [-0.05, 0) is 43.5 Å². The second-order valence-electron chi connectivity index (χ2n) is 6.66. The van der Waals surface area contributed by atoms with Gasteiger partial charge in [0.2, 0.25) is 0 Å². The second kappa shape index (κ2) is 4.78. The average molecular weight is 302 g/mol. The number of benzene rings is 1.